The van der Waals surface area contributed by atoms with Crippen LogP contribution >= 0.6 is 15.9 Å². The lowest BCUT2D eigenvalue weighted by Crippen LogP contribution is -2.18. The van der Waals surface area contributed by atoms with E-state index in [0.717, 1.165) is 27.2 Å². The van der Waals surface area contributed by atoms with Crippen LogP contribution in [0.5, 0.6) is 5.75 Å². The minimum atomic E-state index is -0.933. The Morgan fingerprint density at radius 2 is 1.96 bits per heavy atom. The van der Waals surface area contributed by atoms with Crippen molar-refractivity contribution in [2.24, 2.45) is 7.05 Å². The summed E-state index contributed by atoms with van der Waals surface area (Å²) in [7, 11) is 3.75. The Balaban J connectivity index is 1.81. The van der Waals surface area contributed by atoms with Gasteiger partial charge in [-0.05, 0) is 58.7 Å². The van der Waals surface area contributed by atoms with Crippen LogP contribution in [0.25, 0.3) is 11.4 Å². The number of aromatic carboxylic acids is 1. The number of benzene rings is 2. The molecule has 0 bridgehead atoms. The second kappa shape index (κ2) is 8.43. The molecule has 0 saturated heterocycles. The summed E-state index contributed by atoms with van der Waals surface area (Å²) in [5.74, 6) is 1.14. The molecular weight excluding hydrogens is 424 g/mol. The molecule has 0 aliphatic heterocycles. The van der Waals surface area contributed by atoms with Gasteiger partial charge in [0.05, 0.1) is 16.6 Å². The van der Waals surface area contributed by atoms with Crippen molar-refractivity contribution < 1.29 is 14.6 Å². The second-order valence-corrected chi connectivity index (χ2v) is 7.15. The van der Waals surface area contributed by atoms with E-state index in [2.05, 4.69) is 26.0 Å². The van der Waals surface area contributed by atoms with Gasteiger partial charge in [0.15, 0.2) is 5.82 Å². The normalized spacial score (nSPS) is 10.7. The number of halogens is 1. The number of aromatic nitrogens is 3. The van der Waals surface area contributed by atoms with Gasteiger partial charge in [-0.3, -0.25) is 0 Å². The molecule has 1 N–H and O–H groups in total. The molecule has 0 saturated carbocycles. The number of hydrogen-bond donors (Lipinski definition) is 1. The van der Waals surface area contributed by atoms with Gasteiger partial charge in [-0.2, -0.15) is 4.98 Å². The molecule has 7 nitrogen and oxygen atoms in total. The van der Waals surface area contributed by atoms with Gasteiger partial charge in [0.1, 0.15) is 5.75 Å². The van der Waals surface area contributed by atoms with E-state index in [1.807, 2.05) is 44.1 Å². The Morgan fingerprint density at radius 1 is 1.25 bits per heavy atom. The summed E-state index contributed by atoms with van der Waals surface area (Å²) in [6.07, 6.45) is 0. The lowest BCUT2D eigenvalue weighted by Gasteiger charge is -2.14. The van der Waals surface area contributed by atoms with Crippen molar-refractivity contribution in [3.8, 4) is 17.1 Å². The Kier molecular flexibility index (Phi) is 5.99. The molecule has 3 rings (SSSR count). The molecule has 28 heavy (non-hydrogen) atoms. The van der Waals surface area contributed by atoms with Crippen molar-refractivity contribution in [1.82, 2.24) is 14.8 Å². The topological polar surface area (TPSA) is 80.5 Å². The van der Waals surface area contributed by atoms with Crippen LogP contribution in [0.4, 0.5) is 5.95 Å². The molecule has 0 atom stereocenters. The van der Waals surface area contributed by atoms with Gasteiger partial charge < -0.3 is 14.7 Å². The third kappa shape index (κ3) is 4.33. The highest BCUT2D eigenvalue weighted by atomic mass is 79.9. The molecule has 146 valence electrons. The summed E-state index contributed by atoms with van der Waals surface area (Å²) in [4.78, 5) is 17.6. The van der Waals surface area contributed by atoms with E-state index in [1.165, 1.54) is 0 Å². The molecule has 1 aromatic heterocycles. The quantitative estimate of drug-likeness (QED) is 0.593. The van der Waals surface area contributed by atoms with Crippen LogP contribution in [0.1, 0.15) is 22.8 Å². The zero-order valence-corrected chi connectivity index (χ0v) is 17.5. The fourth-order valence-corrected chi connectivity index (χ4v) is 3.15. The third-order valence-electron chi connectivity index (χ3n) is 4.20. The highest BCUT2D eigenvalue weighted by Gasteiger charge is 2.15. The zero-order valence-electron chi connectivity index (χ0n) is 15.9. The van der Waals surface area contributed by atoms with Crippen molar-refractivity contribution in [2.75, 3.05) is 18.6 Å². The number of carboxylic acid groups (broad SMARTS) is 1. The first-order valence-electron chi connectivity index (χ1n) is 8.76. The fraction of sp³-hybridized carbons (Fsp3) is 0.250. The first-order valence-corrected chi connectivity index (χ1v) is 9.55. The summed E-state index contributed by atoms with van der Waals surface area (Å²) >= 11 is 3.49. The van der Waals surface area contributed by atoms with Crippen LogP contribution in [-0.2, 0) is 13.6 Å². The van der Waals surface area contributed by atoms with Gasteiger partial charge >= 0.3 is 5.97 Å². The maximum Gasteiger partial charge on any atom is 0.335 e. The summed E-state index contributed by atoms with van der Waals surface area (Å²) in [6.45, 7) is 3.08. The van der Waals surface area contributed by atoms with E-state index in [1.54, 1.807) is 28.9 Å². The largest absolute Gasteiger partial charge is 0.493 e. The minimum Gasteiger partial charge on any atom is -0.493 e. The maximum atomic E-state index is 11.0. The number of carbonyl (C=O) groups is 1. The molecular formula is C20H21BrN4O3. The molecule has 8 heteroatoms. The van der Waals surface area contributed by atoms with Gasteiger partial charge in [-0.25, -0.2) is 9.48 Å². The van der Waals surface area contributed by atoms with Gasteiger partial charge in [-0.1, -0.05) is 12.1 Å². The molecule has 0 amide bonds. The summed E-state index contributed by atoms with van der Waals surface area (Å²) < 4.78 is 8.27. The van der Waals surface area contributed by atoms with Gasteiger partial charge in [0.25, 0.3) is 0 Å². The van der Waals surface area contributed by atoms with Crippen molar-refractivity contribution in [2.45, 2.75) is 13.5 Å². The zero-order chi connectivity index (χ0) is 20.3. The number of ether oxygens (including phenoxy) is 1. The van der Waals surface area contributed by atoms with E-state index < -0.39 is 5.97 Å². The van der Waals surface area contributed by atoms with Crippen molar-refractivity contribution in [3.05, 3.63) is 58.1 Å². The Bertz CT molecular complexity index is 986. The van der Waals surface area contributed by atoms with Crippen molar-refractivity contribution in [1.29, 1.82) is 0 Å². The number of anilines is 1. The van der Waals surface area contributed by atoms with Crippen LogP contribution < -0.4 is 9.64 Å². The fourth-order valence-electron chi connectivity index (χ4n) is 2.79. The van der Waals surface area contributed by atoms with E-state index in [-0.39, 0.29) is 5.56 Å². The number of aryl methyl sites for hydroxylation is 1. The minimum absolute atomic E-state index is 0.269. The summed E-state index contributed by atoms with van der Waals surface area (Å²) in [5, 5.41) is 13.5. The maximum absolute atomic E-state index is 11.0. The summed E-state index contributed by atoms with van der Waals surface area (Å²) in [6, 6.07) is 12.6. The first-order chi connectivity index (χ1) is 13.4. The van der Waals surface area contributed by atoms with Crippen LogP contribution in [-0.4, -0.2) is 39.5 Å². The number of carboxylic acids is 1. The van der Waals surface area contributed by atoms with E-state index in [9.17, 15) is 4.79 Å². The monoisotopic (exact) mass is 444 g/mol. The number of nitrogens with zero attached hydrogens (tertiary/aromatic N) is 4. The molecule has 3 aromatic rings. The van der Waals surface area contributed by atoms with E-state index in [0.29, 0.717) is 19.1 Å². The lowest BCUT2D eigenvalue weighted by atomic mass is 10.1. The second-order valence-electron chi connectivity index (χ2n) is 6.30. The smallest absolute Gasteiger partial charge is 0.335 e. The predicted octanol–water partition coefficient (Wildman–Crippen LogP) is 3.98. The molecule has 0 aliphatic rings. The average molecular weight is 445 g/mol. The van der Waals surface area contributed by atoms with E-state index >= 15 is 0 Å². The number of rotatable bonds is 7. The van der Waals surface area contributed by atoms with E-state index in [4.69, 9.17) is 9.84 Å². The van der Waals surface area contributed by atoms with Crippen molar-refractivity contribution in [3.63, 3.8) is 0 Å². The Morgan fingerprint density at radius 3 is 2.61 bits per heavy atom. The van der Waals surface area contributed by atoms with Crippen LogP contribution in [0, 0.1) is 0 Å². The van der Waals surface area contributed by atoms with Crippen molar-refractivity contribution >= 4 is 27.8 Å². The van der Waals surface area contributed by atoms with Gasteiger partial charge in [0, 0.05) is 26.2 Å². The predicted molar refractivity (Wildman–Crippen MR) is 111 cm³/mol. The Hall–Kier alpha value is -2.87. The molecule has 0 unspecified atom stereocenters. The molecule has 2 aromatic carbocycles. The molecule has 0 radical (unpaired) electrons. The molecule has 0 fully saturated rings. The molecule has 0 aliphatic carbocycles. The summed E-state index contributed by atoms with van der Waals surface area (Å²) in [5.41, 5.74) is 2.15. The van der Waals surface area contributed by atoms with Crippen LogP contribution in [0.15, 0.2) is 46.9 Å². The standard InChI is InChI=1S/C20H21BrN4O3/c1-4-28-17-11-15(9-10-16(17)21)18-22-20(23-25(18)3)24(2)12-13-5-7-14(8-6-13)19(26)27/h5-11H,4,12H2,1-3H3,(H,26,27). The SMILES string of the molecule is CCOc1cc(-c2nc(N(C)Cc3ccc(C(=O)O)cc3)nn2C)ccc1Br. The lowest BCUT2D eigenvalue weighted by molar-refractivity contribution is 0.0697. The molecule has 0 spiro atoms. The average Bonchev–Trinajstić information content (AvgIpc) is 3.06. The van der Waals surface area contributed by atoms with Gasteiger partial charge in [0.2, 0.25) is 5.95 Å². The van der Waals surface area contributed by atoms with Gasteiger partial charge in [-0.15, -0.1) is 5.10 Å². The highest BCUT2D eigenvalue weighted by molar-refractivity contribution is 9.10. The highest BCUT2D eigenvalue weighted by Crippen LogP contribution is 2.30. The van der Waals surface area contributed by atoms with Crippen LogP contribution in [0.2, 0.25) is 0 Å². The Labute approximate surface area is 171 Å². The number of hydrogen-bond acceptors (Lipinski definition) is 5. The first kappa shape index (κ1) is 19.9. The molecule has 1 heterocycles. The van der Waals surface area contributed by atoms with Crippen LogP contribution in [0.3, 0.4) is 0 Å². The third-order valence-corrected chi connectivity index (χ3v) is 4.86.